The van der Waals surface area contributed by atoms with Gasteiger partial charge < -0.3 is 10.5 Å². The second-order valence-corrected chi connectivity index (χ2v) is 9.26. The number of fused-ring (bicyclic) bond motifs is 3. The van der Waals surface area contributed by atoms with E-state index >= 15 is 0 Å². The van der Waals surface area contributed by atoms with E-state index in [2.05, 4.69) is 5.10 Å². The number of benzene rings is 2. The number of hydrogen-bond acceptors (Lipinski definition) is 5. The Kier molecular flexibility index (Phi) is 5.04. The van der Waals surface area contributed by atoms with Crippen molar-refractivity contribution in [3.05, 3.63) is 82.5 Å². The van der Waals surface area contributed by atoms with Crippen LogP contribution in [-0.2, 0) is 18.7 Å². The molecule has 2 aromatic carbocycles. The normalized spacial score (nSPS) is 16.0. The Labute approximate surface area is 204 Å². The summed E-state index contributed by atoms with van der Waals surface area (Å²) in [5.41, 5.74) is 9.63. The van der Waals surface area contributed by atoms with Gasteiger partial charge in [-0.15, -0.1) is 0 Å². The molecule has 6 rings (SSSR count). The minimum absolute atomic E-state index is 0.0865. The summed E-state index contributed by atoms with van der Waals surface area (Å²) in [6, 6.07) is 19.1. The van der Waals surface area contributed by atoms with E-state index < -0.39 is 18.4 Å². The molecule has 7 nitrogen and oxygen atoms in total. The van der Waals surface area contributed by atoms with Gasteiger partial charge in [-0.1, -0.05) is 54.6 Å². The first-order valence-electron chi connectivity index (χ1n) is 11.6. The fourth-order valence-corrected chi connectivity index (χ4v) is 4.81. The van der Waals surface area contributed by atoms with Crippen molar-refractivity contribution in [2.24, 2.45) is 5.73 Å². The van der Waals surface area contributed by atoms with Crippen molar-refractivity contribution in [2.45, 2.75) is 44.1 Å². The van der Waals surface area contributed by atoms with Crippen molar-refractivity contribution in [1.29, 1.82) is 0 Å². The molecule has 0 atom stereocenters. The van der Waals surface area contributed by atoms with Crippen molar-refractivity contribution < 1.29 is 17.9 Å². The van der Waals surface area contributed by atoms with Gasteiger partial charge in [0.2, 0.25) is 5.88 Å². The molecule has 1 fully saturated rings. The van der Waals surface area contributed by atoms with Gasteiger partial charge >= 0.3 is 11.9 Å². The zero-order chi connectivity index (χ0) is 25.1. The number of pyridine rings is 1. The molecule has 0 spiro atoms. The van der Waals surface area contributed by atoms with Crippen molar-refractivity contribution in [2.75, 3.05) is 0 Å². The average molecular weight is 493 g/mol. The Morgan fingerprint density at radius 3 is 2.39 bits per heavy atom. The summed E-state index contributed by atoms with van der Waals surface area (Å²) in [5, 5.41) is 3.85. The number of alkyl halides is 3. The fraction of sp³-hybridized carbons (Fsp3) is 0.269. The van der Waals surface area contributed by atoms with Crippen LogP contribution in [0.25, 0.3) is 28.1 Å². The average Bonchev–Trinajstić information content (AvgIpc) is 3.16. The molecule has 0 bridgehead atoms. The van der Waals surface area contributed by atoms with E-state index in [1.165, 1.54) is 0 Å². The van der Waals surface area contributed by atoms with Crippen LogP contribution in [0.1, 0.15) is 30.7 Å². The SMILES string of the molecule is NC1(c2ccc(-c3nc4c(cc3-c3ccccc3)-n3c(nn(CC(F)(F)F)c3=O)CO4)cc2)CCC1. The zero-order valence-corrected chi connectivity index (χ0v) is 19.1. The molecular weight excluding hydrogens is 471 g/mol. The maximum Gasteiger partial charge on any atom is 0.408 e. The Bertz CT molecular complexity index is 1500. The fourth-order valence-electron chi connectivity index (χ4n) is 4.81. The van der Waals surface area contributed by atoms with E-state index in [9.17, 15) is 18.0 Å². The molecule has 36 heavy (non-hydrogen) atoms. The van der Waals surface area contributed by atoms with Gasteiger partial charge in [0.15, 0.2) is 12.4 Å². The standard InChI is InChI=1S/C26H22F3N5O2/c27-26(28,29)15-33-24(35)34-20-13-19(16-5-2-1-3-6-16)22(31-23(20)36-14-21(34)32-33)17-7-9-18(10-8-17)25(30)11-4-12-25/h1-3,5-10,13H,4,11-12,14-15,30H2. The molecule has 3 heterocycles. The maximum atomic E-state index is 13.0. The highest BCUT2D eigenvalue weighted by molar-refractivity contribution is 5.83. The smallest absolute Gasteiger partial charge is 0.408 e. The molecule has 2 aliphatic rings. The highest BCUT2D eigenvalue weighted by Gasteiger charge is 2.35. The summed E-state index contributed by atoms with van der Waals surface area (Å²) in [7, 11) is 0. The lowest BCUT2D eigenvalue weighted by molar-refractivity contribution is -0.143. The molecule has 2 aromatic heterocycles. The third-order valence-electron chi connectivity index (χ3n) is 6.85. The van der Waals surface area contributed by atoms with Gasteiger partial charge in [0, 0.05) is 16.7 Å². The quantitative estimate of drug-likeness (QED) is 0.451. The van der Waals surface area contributed by atoms with Crippen molar-refractivity contribution in [1.82, 2.24) is 19.3 Å². The van der Waals surface area contributed by atoms with Crippen LogP contribution in [0.15, 0.2) is 65.5 Å². The third-order valence-corrected chi connectivity index (χ3v) is 6.85. The number of rotatable bonds is 4. The van der Waals surface area contributed by atoms with Crippen molar-refractivity contribution in [3.63, 3.8) is 0 Å². The lowest BCUT2D eigenvalue weighted by Gasteiger charge is -2.38. The molecule has 4 aromatic rings. The molecule has 0 radical (unpaired) electrons. The van der Waals surface area contributed by atoms with E-state index in [-0.39, 0.29) is 29.5 Å². The van der Waals surface area contributed by atoms with Gasteiger partial charge in [-0.05, 0) is 36.5 Å². The third kappa shape index (κ3) is 3.78. The van der Waals surface area contributed by atoms with E-state index in [1.54, 1.807) is 6.07 Å². The molecule has 0 unspecified atom stereocenters. The first kappa shape index (κ1) is 22.5. The number of halogens is 3. The van der Waals surface area contributed by atoms with Crippen LogP contribution in [0.5, 0.6) is 5.88 Å². The molecule has 0 amide bonds. The lowest BCUT2D eigenvalue weighted by Crippen LogP contribution is -2.43. The van der Waals surface area contributed by atoms with Gasteiger partial charge in [-0.2, -0.15) is 18.3 Å². The molecule has 10 heteroatoms. The highest BCUT2D eigenvalue weighted by Crippen LogP contribution is 2.41. The van der Waals surface area contributed by atoms with Crippen LogP contribution >= 0.6 is 0 Å². The highest BCUT2D eigenvalue weighted by atomic mass is 19.4. The van der Waals surface area contributed by atoms with Gasteiger partial charge in [-0.3, -0.25) is 0 Å². The van der Waals surface area contributed by atoms with Crippen LogP contribution in [0.2, 0.25) is 0 Å². The predicted molar refractivity (Wildman–Crippen MR) is 127 cm³/mol. The van der Waals surface area contributed by atoms with Gasteiger partial charge in [-0.25, -0.2) is 19.0 Å². The number of nitrogens with zero attached hydrogens (tertiary/aromatic N) is 4. The van der Waals surface area contributed by atoms with E-state index in [0.717, 1.165) is 40.5 Å². The first-order chi connectivity index (χ1) is 17.2. The molecule has 2 N–H and O–H groups in total. The molecule has 1 aliphatic heterocycles. The topological polar surface area (TPSA) is 88.0 Å². The first-order valence-corrected chi connectivity index (χ1v) is 11.6. The number of nitrogens with two attached hydrogens (primary N) is 1. The van der Waals surface area contributed by atoms with Crippen LogP contribution in [0.4, 0.5) is 13.2 Å². The summed E-state index contributed by atoms with van der Waals surface area (Å²) < 4.78 is 46.2. The largest absolute Gasteiger partial charge is 0.468 e. The van der Waals surface area contributed by atoms with Crippen LogP contribution in [-0.4, -0.2) is 25.5 Å². The Morgan fingerprint density at radius 1 is 1.03 bits per heavy atom. The van der Waals surface area contributed by atoms with Gasteiger partial charge in [0.25, 0.3) is 0 Å². The summed E-state index contributed by atoms with van der Waals surface area (Å²) >= 11 is 0. The second-order valence-electron chi connectivity index (χ2n) is 9.26. The Morgan fingerprint density at radius 2 is 1.75 bits per heavy atom. The zero-order valence-electron chi connectivity index (χ0n) is 19.1. The molecule has 0 saturated heterocycles. The van der Waals surface area contributed by atoms with E-state index in [0.29, 0.717) is 15.9 Å². The number of aromatic nitrogens is 4. The van der Waals surface area contributed by atoms with Gasteiger partial charge in [0.05, 0.1) is 5.69 Å². The van der Waals surface area contributed by atoms with Gasteiger partial charge in [0.1, 0.15) is 12.2 Å². The molecular formula is C26H22F3N5O2. The minimum Gasteiger partial charge on any atom is -0.468 e. The number of ether oxygens (including phenoxy) is 1. The van der Waals surface area contributed by atoms with Crippen molar-refractivity contribution >= 4 is 0 Å². The molecule has 1 saturated carbocycles. The maximum absolute atomic E-state index is 13.0. The number of hydrogen-bond donors (Lipinski definition) is 1. The second kappa shape index (κ2) is 8.06. The van der Waals surface area contributed by atoms with E-state index in [1.807, 2.05) is 54.6 Å². The Balaban J connectivity index is 1.50. The lowest BCUT2D eigenvalue weighted by atomic mass is 9.72. The predicted octanol–water partition coefficient (Wildman–Crippen LogP) is 4.56. The summed E-state index contributed by atoms with van der Waals surface area (Å²) in [6.07, 6.45) is -1.57. The minimum atomic E-state index is -4.58. The monoisotopic (exact) mass is 493 g/mol. The van der Waals surface area contributed by atoms with Crippen LogP contribution in [0, 0.1) is 0 Å². The van der Waals surface area contributed by atoms with Crippen LogP contribution < -0.4 is 16.2 Å². The summed E-state index contributed by atoms with van der Waals surface area (Å²) in [6.45, 7) is -1.65. The Hall–Kier alpha value is -3.92. The summed E-state index contributed by atoms with van der Waals surface area (Å²) in [4.78, 5) is 17.6. The van der Waals surface area contributed by atoms with E-state index in [4.69, 9.17) is 15.5 Å². The molecule has 184 valence electrons. The molecule has 1 aliphatic carbocycles. The van der Waals surface area contributed by atoms with Crippen molar-refractivity contribution in [3.8, 4) is 34.0 Å². The summed E-state index contributed by atoms with van der Waals surface area (Å²) in [5.74, 6) is 0.243. The van der Waals surface area contributed by atoms with Crippen LogP contribution in [0.3, 0.4) is 0 Å².